The summed E-state index contributed by atoms with van der Waals surface area (Å²) >= 11 is 13.4. The van der Waals surface area contributed by atoms with Gasteiger partial charge >= 0.3 is 0 Å². The summed E-state index contributed by atoms with van der Waals surface area (Å²) < 4.78 is 7.19. The molecule has 0 saturated carbocycles. The second kappa shape index (κ2) is 8.86. The van der Waals surface area contributed by atoms with Crippen LogP contribution in [0.1, 0.15) is 5.56 Å². The van der Waals surface area contributed by atoms with Crippen LogP contribution in [0.3, 0.4) is 0 Å². The molecule has 3 aromatic rings. The van der Waals surface area contributed by atoms with E-state index in [0.717, 1.165) is 11.1 Å². The van der Waals surface area contributed by atoms with E-state index in [2.05, 4.69) is 15.5 Å². The Balaban J connectivity index is 1.72. The maximum absolute atomic E-state index is 12.3. The first-order chi connectivity index (χ1) is 13.4. The molecule has 0 spiro atoms. The third kappa shape index (κ3) is 4.60. The van der Waals surface area contributed by atoms with Crippen molar-refractivity contribution in [1.29, 1.82) is 0 Å². The molecule has 1 aromatic heterocycles. The molecule has 0 unspecified atom stereocenters. The molecule has 2 aromatic carbocycles. The molecule has 0 aliphatic heterocycles. The Morgan fingerprint density at radius 1 is 1.18 bits per heavy atom. The van der Waals surface area contributed by atoms with Crippen molar-refractivity contribution >= 4 is 46.6 Å². The minimum atomic E-state index is -0.153. The van der Waals surface area contributed by atoms with Gasteiger partial charge in [-0.25, -0.2) is 0 Å². The van der Waals surface area contributed by atoms with Crippen LogP contribution in [0.4, 0.5) is 5.69 Å². The lowest BCUT2D eigenvalue weighted by Crippen LogP contribution is -2.15. The molecular formula is C19H18Cl2N4O2S. The van der Waals surface area contributed by atoms with Gasteiger partial charge in [-0.15, -0.1) is 10.2 Å². The van der Waals surface area contributed by atoms with E-state index < -0.39 is 0 Å². The lowest BCUT2D eigenvalue weighted by molar-refractivity contribution is -0.113. The molecule has 9 heteroatoms. The van der Waals surface area contributed by atoms with Crippen molar-refractivity contribution < 1.29 is 9.53 Å². The van der Waals surface area contributed by atoms with Crippen LogP contribution < -0.4 is 10.1 Å². The van der Waals surface area contributed by atoms with E-state index in [9.17, 15) is 4.79 Å². The summed E-state index contributed by atoms with van der Waals surface area (Å²) in [6.45, 7) is 1.91. The zero-order chi connectivity index (χ0) is 20.3. The van der Waals surface area contributed by atoms with E-state index in [4.69, 9.17) is 27.9 Å². The van der Waals surface area contributed by atoms with Gasteiger partial charge in [-0.3, -0.25) is 4.79 Å². The molecule has 1 N–H and O–H groups in total. The zero-order valence-electron chi connectivity index (χ0n) is 15.5. The topological polar surface area (TPSA) is 69.0 Å². The minimum absolute atomic E-state index is 0.153. The van der Waals surface area contributed by atoms with Crippen molar-refractivity contribution in [1.82, 2.24) is 14.8 Å². The van der Waals surface area contributed by atoms with Gasteiger partial charge in [0.2, 0.25) is 5.91 Å². The lowest BCUT2D eigenvalue weighted by atomic mass is 10.2. The minimum Gasteiger partial charge on any atom is -0.496 e. The molecule has 146 valence electrons. The molecule has 1 heterocycles. The highest BCUT2D eigenvalue weighted by Crippen LogP contribution is 2.32. The number of hydrogen-bond acceptors (Lipinski definition) is 5. The average Bonchev–Trinajstić information content (AvgIpc) is 3.03. The predicted octanol–water partition coefficient (Wildman–Crippen LogP) is 4.84. The Labute approximate surface area is 177 Å². The van der Waals surface area contributed by atoms with Gasteiger partial charge in [-0.2, -0.15) is 0 Å². The Morgan fingerprint density at radius 2 is 1.89 bits per heavy atom. The van der Waals surface area contributed by atoms with E-state index in [1.54, 1.807) is 42.0 Å². The first kappa shape index (κ1) is 20.5. The highest BCUT2D eigenvalue weighted by Gasteiger charge is 2.17. The number of benzene rings is 2. The first-order valence-electron chi connectivity index (χ1n) is 8.31. The van der Waals surface area contributed by atoms with Gasteiger partial charge in [0.1, 0.15) is 5.75 Å². The number of methoxy groups -OCH3 is 1. The number of anilines is 1. The van der Waals surface area contributed by atoms with Gasteiger partial charge in [0.05, 0.1) is 18.4 Å². The van der Waals surface area contributed by atoms with E-state index in [1.807, 2.05) is 20.0 Å². The number of amides is 1. The summed E-state index contributed by atoms with van der Waals surface area (Å²) in [5, 5.41) is 13.0. The first-order valence-corrected chi connectivity index (χ1v) is 10.1. The van der Waals surface area contributed by atoms with Crippen molar-refractivity contribution in [3.8, 4) is 17.1 Å². The molecule has 0 atom stereocenters. The molecule has 0 bridgehead atoms. The number of carbonyl (C=O) groups excluding carboxylic acids is 1. The molecular weight excluding hydrogens is 419 g/mol. The Morgan fingerprint density at radius 3 is 2.64 bits per heavy atom. The average molecular weight is 437 g/mol. The molecule has 0 aliphatic carbocycles. The zero-order valence-corrected chi connectivity index (χ0v) is 17.8. The van der Waals surface area contributed by atoms with Gasteiger partial charge in [0.25, 0.3) is 0 Å². The van der Waals surface area contributed by atoms with E-state index in [1.165, 1.54) is 11.8 Å². The van der Waals surface area contributed by atoms with Crippen LogP contribution in [-0.4, -0.2) is 33.5 Å². The van der Waals surface area contributed by atoms with Gasteiger partial charge in [0.15, 0.2) is 11.0 Å². The summed E-state index contributed by atoms with van der Waals surface area (Å²) in [4.78, 5) is 12.3. The number of aryl methyl sites for hydroxylation is 1. The van der Waals surface area contributed by atoms with E-state index >= 15 is 0 Å². The Kier molecular flexibility index (Phi) is 6.49. The van der Waals surface area contributed by atoms with Crippen molar-refractivity contribution in [2.45, 2.75) is 12.1 Å². The molecule has 0 aliphatic rings. The largest absolute Gasteiger partial charge is 0.496 e. The highest BCUT2D eigenvalue weighted by molar-refractivity contribution is 7.99. The van der Waals surface area contributed by atoms with Crippen LogP contribution in [0, 0.1) is 6.92 Å². The van der Waals surface area contributed by atoms with E-state index in [0.29, 0.717) is 32.5 Å². The number of ether oxygens (including phenoxy) is 1. The predicted molar refractivity (Wildman–Crippen MR) is 114 cm³/mol. The van der Waals surface area contributed by atoms with Crippen LogP contribution in [0.2, 0.25) is 10.0 Å². The van der Waals surface area contributed by atoms with Crippen LogP contribution in [0.25, 0.3) is 11.4 Å². The molecule has 28 heavy (non-hydrogen) atoms. The molecule has 0 saturated heterocycles. The summed E-state index contributed by atoms with van der Waals surface area (Å²) in [5.74, 6) is 1.28. The second-order valence-electron chi connectivity index (χ2n) is 6.01. The van der Waals surface area contributed by atoms with Crippen molar-refractivity contribution in [3.05, 3.63) is 52.0 Å². The maximum atomic E-state index is 12.3. The quantitative estimate of drug-likeness (QED) is 0.559. The summed E-state index contributed by atoms with van der Waals surface area (Å²) in [7, 11) is 3.41. The lowest BCUT2D eigenvalue weighted by Gasteiger charge is -2.10. The second-order valence-corrected chi connectivity index (χ2v) is 7.82. The number of rotatable bonds is 6. The van der Waals surface area contributed by atoms with Gasteiger partial charge in [-0.05, 0) is 42.8 Å². The monoisotopic (exact) mass is 436 g/mol. The molecule has 0 fully saturated rings. The molecule has 6 nitrogen and oxygen atoms in total. The number of hydrogen-bond donors (Lipinski definition) is 1. The van der Waals surface area contributed by atoms with Crippen LogP contribution in [0.5, 0.6) is 5.75 Å². The van der Waals surface area contributed by atoms with Crippen molar-refractivity contribution in [2.75, 3.05) is 18.2 Å². The number of nitrogens with zero attached hydrogens (tertiary/aromatic N) is 3. The molecule has 3 rings (SSSR count). The van der Waals surface area contributed by atoms with Crippen LogP contribution >= 0.6 is 35.0 Å². The summed E-state index contributed by atoms with van der Waals surface area (Å²) in [5.41, 5.74) is 2.37. The number of halogens is 2. The number of nitrogens with one attached hydrogen (secondary N) is 1. The Bertz CT molecular complexity index is 1020. The summed E-state index contributed by atoms with van der Waals surface area (Å²) in [6.07, 6.45) is 0. The SMILES string of the molecule is COc1ccc(Cl)cc1-c1nnc(SCC(=O)Nc2cc(Cl)ccc2C)n1C. The van der Waals surface area contributed by atoms with Crippen LogP contribution in [-0.2, 0) is 11.8 Å². The van der Waals surface area contributed by atoms with Crippen LogP contribution in [0.15, 0.2) is 41.6 Å². The fraction of sp³-hybridized carbons (Fsp3) is 0.211. The fourth-order valence-electron chi connectivity index (χ4n) is 2.58. The Hall–Kier alpha value is -2.22. The van der Waals surface area contributed by atoms with Gasteiger partial charge < -0.3 is 14.6 Å². The smallest absolute Gasteiger partial charge is 0.234 e. The number of carbonyl (C=O) groups is 1. The fourth-order valence-corrected chi connectivity index (χ4v) is 3.63. The van der Waals surface area contributed by atoms with E-state index in [-0.39, 0.29) is 11.7 Å². The maximum Gasteiger partial charge on any atom is 0.234 e. The summed E-state index contributed by atoms with van der Waals surface area (Å²) in [6, 6.07) is 10.7. The number of thioether (sulfide) groups is 1. The third-order valence-corrected chi connectivity index (χ3v) is 5.53. The number of aromatic nitrogens is 3. The normalized spacial score (nSPS) is 10.8. The van der Waals surface area contributed by atoms with Crippen molar-refractivity contribution in [2.24, 2.45) is 7.05 Å². The van der Waals surface area contributed by atoms with Gasteiger partial charge in [-0.1, -0.05) is 41.0 Å². The standard InChI is InChI=1S/C19H18Cl2N4O2S/c1-11-4-5-13(21)9-15(11)22-17(26)10-28-19-24-23-18(25(19)2)14-8-12(20)6-7-16(14)27-3/h4-9H,10H2,1-3H3,(H,22,26). The third-order valence-electron chi connectivity index (χ3n) is 4.04. The van der Waals surface area contributed by atoms with Crippen molar-refractivity contribution in [3.63, 3.8) is 0 Å². The van der Waals surface area contributed by atoms with Gasteiger partial charge in [0, 0.05) is 22.8 Å². The highest BCUT2D eigenvalue weighted by atomic mass is 35.5. The molecule has 0 radical (unpaired) electrons. The molecule has 1 amide bonds.